The lowest BCUT2D eigenvalue weighted by molar-refractivity contribution is -0.384. The van der Waals surface area contributed by atoms with Gasteiger partial charge in [-0.15, -0.1) is 6.58 Å². The molecule has 0 saturated carbocycles. The van der Waals surface area contributed by atoms with E-state index in [1.807, 2.05) is 11.2 Å². The fourth-order valence-corrected chi connectivity index (χ4v) is 3.76. The van der Waals surface area contributed by atoms with Crippen LogP contribution in [0.1, 0.15) is 16.8 Å². The van der Waals surface area contributed by atoms with Crippen LogP contribution in [0.15, 0.2) is 36.9 Å². The standard InChI is InChI=1S/C21H29N5O5S/c1-3-8-22-19(27)15-24-9-11-25(12-10-24)21(29)18(7-13-32-2)23-20(28)16-5-4-6-17(14-16)26(30)31/h3-6,14,18H,1,7-13,15H2,2H3,(H,22,27)(H,23,28). The van der Waals surface area contributed by atoms with Gasteiger partial charge in [0.05, 0.1) is 11.5 Å². The van der Waals surface area contributed by atoms with E-state index in [1.54, 1.807) is 22.7 Å². The highest BCUT2D eigenvalue weighted by Crippen LogP contribution is 2.14. The third-order valence-electron chi connectivity index (χ3n) is 5.03. The van der Waals surface area contributed by atoms with Crippen molar-refractivity contribution in [3.8, 4) is 0 Å². The first-order valence-corrected chi connectivity index (χ1v) is 11.7. The Morgan fingerprint density at radius 1 is 1.28 bits per heavy atom. The summed E-state index contributed by atoms with van der Waals surface area (Å²) in [6.07, 6.45) is 3.98. The number of thioether (sulfide) groups is 1. The van der Waals surface area contributed by atoms with Crippen molar-refractivity contribution in [3.05, 3.63) is 52.6 Å². The number of rotatable bonds is 11. The molecular weight excluding hydrogens is 434 g/mol. The Bertz CT molecular complexity index is 842. The minimum atomic E-state index is -0.725. The zero-order chi connectivity index (χ0) is 23.5. The highest BCUT2D eigenvalue weighted by molar-refractivity contribution is 7.98. The molecule has 11 heteroatoms. The number of carbonyl (C=O) groups is 3. The van der Waals surface area contributed by atoms with Crippen molar-refractivity contribution in [2.45, 2.75) is 12.5 Å². The van der Waals surface area contributed by atoms with Crippen molar-refractivity contribution < 1.29 is 19.3 Å². The van der Waals surface area contributed by atoms with Gasteiger partial charge in [-0.3, -0.25) is 29.4 Å². The van der Waals surface area contributed by atoms with Gasteiger partial charge in [-0.2, -0.15) is 11.8 Å². The fourth-order valence-electron chi connectivity index (χ4n) is 3.29. The van der Waals surface area contributed by atoms with Crippen LogP contribution in [0.3, 0.4) is 0 Å². The summed E-state index contributed by atoms with van der Waals surface area (Å²) < 4.78 is 0. The highest BCUT2D eigenvalue weighted by Gasteiger charge is 2.29. The Hall–Kier alpha value is -2.92. The predicted molar refractivity (Wildman–Crippen MR) is 124 cm³/mol. The Morgan fingerprint density at radius 3 is 2.62 bits per heavy atom. The van der Waals surface area contributed by atoms with Crippen LogP contribution < -0.4 is 10.6 Å². The number of piperazine rings is 1. The van der Waals surface area contributed by atoms with Gasteiger partial charge >= 0.3 is 0 Å². The molecule has 3 amide bonds. The molecule has 1 fully saturated rings. The fraction of sp³-hybridized carbons (Fsp3) is 0.476. The van der Waals surface area contributed by atoms with Gasteiger partial charge in [0.1, 0.15) is 6.04 Å². The third kappa shape index (κ3) is 7.65. The summed E-state index contributed by atoms with van der Waals surface area (Å²) in [4.78, 5) is 51.7. The average Bonchev–Trinajstić information content (AvgIpc) is 2.80. The second-order valence-corrected chi connectivity index (χ2v) is 8.29. The summed E-state index contributed by atoms with van der Waals surface area (Å²) in [5, 5.41) is 16.5. The summed E-state index contributed by atoms with van der Waals surface area (Å²) in [6.45, 7) is 6.26. The number of non-ortho nitro benzene ring substituents is 1. The van der Waals surface area contributed by atoms with Crippen LogP contribution in [-0.4, -0.2) is 89.8 Å². The molecule has 1 unspecified atom stereocenters. The number of hydrogen-bond acceptors (Lipinski definition) is 7. The SMILES string of the molecule is C=CCNC(=O)CN1CCN(C(=O)C(CCSC)NC(=O)c2cccc([N+](=O)[O-])c2)CC1. The molecule has 1 saturated heterocycles. The number of carbonyl (C=O) groups excluding carboxylic acids is 3. The van der Waals surface area contributed by atoms with Crippen LogP contribution in [0.4, 0.5) is 5.69 Å². The molecule has 0 aliphatic carbocycles. The molecule has 0 spiro atoms. The number of nitrogens with zero attached hydrogens (tertiary/aromatic N) is 3. The first-order valence-electron chi connectivity index (χ1n) is 10.3. The van der Waals surface area contributed by atoms with Crippen LogP contribution >= 0.6 is 11.8 Å². The van der Waals surface area contributed by atoms with Crippen molar-refractivity contribution >= 4 is 35.2 Å². The maximum atomic E-state index is 13.1. The summed E-state index contributed by atoms with van der Waals surface area (Å²) in [7, 11) is 0. The monoisotopic (exact) mass is 463 g/mol. The van der Waals surface area contributed by atoms with Gasteiger partial charge in [0.15, 0.2) is 0 Å². The van der Waals surface area contributed by atoms with E-state index in [-0.39, 0.29) is 29.6 Å². The van der Waals surface area contributed by atoms with Crippen LogP contribution in [0.2, 0.25) is 0 Å². The van der Waals surface area contributed by atoms with Crippen molar-refractivity contribution in [2.24, 2.45) is 0 Å². The van der Waals surface area contributed by atoms with Crippen molar-refractivity contribution in [2.75, 3.05) is 51.3 Å². The molecule has 1 aromatic rings. The summed E-state index contributed by atoms with van der Waals surface area (Å²) >= 11 is 1.57. The Balaban J connectivity index is 1.97. The van der Waals surface area contributed by atoms with Crippen LogP contribution in [0.5, 0.6) is 0 Å². The van der Waals surface area contributed by atoms with Gasteiger partial charge in [-0.25, -0.2) is 0 Å². The number of hydrogen-bond donors (Lipinski definition) is 2. The lowest BCUT2D eigenvalue weighted by Crippen LogP contribution is -2.56. The van der Waals surface area contributed by atoms with E-state index in [9.17, 15) is 24.5 Å². The van der Waals surface area contributed by atoms with E-state index < -0.39 is 16.9 Å². The first kappa shape index (κ1) is 25.3. The third-order valence-corrected chi connectivity index (χ3v) is 5.67. The van der Waals surface area contributed by atoms with E-state index in [1.165, 1.54) is 24.3 Å². The topological polar surface area (TPSA) is 125 Å². The number of nitro groups is 1. The first-order chi connectivity index (χ1) is 15.3. The smallest absolute Gasteiger partial charge is 0.270 e. The molecule has 2 rings (SSSR count). The molecule has 1 aromatic carbocycles. The minimum absolute atomic E-state index is 0.0910. The molecule has 2 N–H and O–H groups in total. The van der Waals surface area contributed by atoms with E-state index in [2.05, 4.69) is 17.2 Å². The minimum Gasteiger partial charge on any atom is -0.352 e. The van der Waals surface area contributed by atoms with Gasteiger partial charge in [-0.1, -0.05) is 12.1 Å². The molecule has 174 valence electrons. The number of benzene rings is 1. The molecule has 0 radical (unpaired) electrons. The van der Waals surface area contributed by atoms with E-state index in [4.69, 9.17) is 0 Å². The van der Waals surface area contributed by atoms with Gasteiger partial charge < -0.3 is 15.5 Å². The zero-order valence-electron chi connectivity index (χ0n) is 18.1. The van der Waals surface area contributed by atoms with E-state index >= 15 is 0 Å². The Kier molecular flexibility index (Phi) is 10.2. The second-order valence-electron chi connectivity index (χ2n) is 7.31. The molecule has 0 bridgehead atoms. The zero-order valence-corrected chi connectivity index (χ0v) is 18.9. The quantitative estimate of drug-likeness (QED) is 0.284. The van der Waals surface area contributed by atoms with Gasteiger partial charge in [0, 0.05) is 50.4 Å². The second kappa shape index (κ2) is 12.8. The lowest BCUT2D eigenvalue weighted by atomic mass is 10.1. The maximum absolute atomic E-state index is 13.1. The molecule has 1 heterocycles. The number of nitrogens with one attached hydrogen (secondary N) is 2. The molecule has 1 atom stereocenters. The van der Waals surface area contributed by atoms with E-state index in [0.717, 1.165) is 0 Å². The summed E-state index contributed by atoms with van der Waals surface area (Å²) in [6, 6.07) is 4.70. The lowest BCUT2D eigenvalue weighted by Gasteiger charge is -2.36. The average molecular weight is 464 g/mol. The summed E-state index contributed by atoms with van der Waals surface area (Å²) in [5.74, 6) is -0.124. The van der Waals surface area contributed by atoms with Crippen molar-refractivity contribution in [1.82, 2.24) is 20.4 Å². The molecule has 0 aromatic heterocycles. The molecule has 10 nitrogen and oxygen atoms in total. The predicted octanol–water partition coefficient (Wildman–Crippen LogP) is 0.893. The highest BCUT2D eigenvalue weighted by atomic mass is 32.2. The van der Waals surface area contributed by atoms with Crippen LogP contribution in [0.25, 0.3) is 0 Å². The molecular formula is C21H29N5O5S. The Morgan fingerprint density at radius 2 is 2.00 bits per heavy atom. The molecule has 32 heavy (non-hydrogen) atoms. The van der Waals surface area contributed by atoms with Crippen molar-refractivity contribution in [1.29, 1.82) is 0 Å². The van der Waals surface area contributed by atoms with Gasteiger partial charge in [0.2, 0.25) is 11.8 Å². The van der Waals surface area contributed by atoms with Gasteiger partial charge in [-0.05, 0) is 24.5 Å². The normalized spacial score (nSPS) is 15.0. The Labute approximate surface area is 191 Å². The number of nitro benzene ring substituents is 1. The molecule has 1 aliphatic rings. The van der Waals surface area contributed by atoms with Crippen LogP contribution in [-0.2, 0) is 9.59 Å². The van der Waals surface area contributed by atoms with Crippen LogP contribution in [0, 0.1) is 10.1 Å². The maximum Gasteiger partial charge on any atom is 0.270 e. The number of amides is 3. The molecule has 1 aliphatic heterocycles. The summed E-state index contributed by atoms with van der Waals surface area (Å²) in [5.41, 5.74) is -0.0469. The van der Waals surface area contributed by atoms with Crippen molar-refractivity contribution in [3.63, 3.8) is 0 Å². The largest absolute Gasteiger partial charge is 0.352 e. The van der Waals surface area contributed by atoms with E-state index in [0.29, 0.717) is 44.9 Å². The van der Waals surface area contributed by atoms with Gasteiger partial charge in [0.25, 0.3) is 11.6 Å².